The first kappa shape index (κ1) is 17.9. The molecule has 0 spiro atoms. The molecule has 0 radical (unpaired) electrons. The molecule has 3 aromatic rings. The lowest BCUT2D eigenvalue weighted by molar-refractivity contribution is 0.414. The Bertz CT molecular complexity index is 870. The monoisotopic (exact) mass is 369 g/mol. The van der Waals surface area contributed by atoms with E-state index in [-0.39, 0.29) is 0 Å². The van der Waals surface area contributed by atoms with Gasteiger partial charge in [-0.3, -0.25) is 0 Å². The van der Waals surface area contributed by atoms with E-state index < -0.39 is 0 Å². The molecule has 2 aromatic carbocycles. The standard InChI is InChI=1S/C19H20ClN5O/c1-13-11-15(20)5-8-17(13)23-18-12-22-25-19(24-18)21-10-9-14-3-6-16(26-2)7-4-14/h3-8,11-12H,9-10H2,1-2H3,(H2,21,23,24,25). The highest BCUT2D eigenvalue weighted by Gasteiger charge is 2.04. The molecular weight excluding hydrogens is 350 g/mol. The third-order valence-electron chi connectivity index (χ3n) is 3.87. The van der Waals surface area contributed by atoms with E-state index in [2.05, 4.69) is 25.8 Å². The Morgan fingerprint density at radius 2 is 1.92 bits per heavy atom. The van der Waals surface area contributed by atoms with Crippen molar-refractivity contribution in [3.8, 4) is 5.75 Å². The van der Waals surface area contributed by atoms with Crippen LogP contribution in [-0.2, 0) is 6.42 Å². The van der Waals surface area contributed by atoms with E-state index in [1.807, 2.05) is 49.4 Å². The number of aromatic nitrogens is 3. The van der Waals surface area contributed by atoms with E-state index in [0.29, 0.717) is 23.3 Å². The summed E-state index contributed by atoms with van der Waals surface area (Å²) in [4.78, 5) is 4.44. The molecule has 1 heterocycles. The first-order chi connectivity index (χ1) is 12.6. The fourth-order valence-corrected chi connectivity index (χ4v) is 2.68. The minimum absolute atomic E-state index is 0.482. The SMILES string of the molecule is COc1ccc(CCNc2nncc(Nc3ccc(Cl)cc3C)n2)cc1. The van der Waals surface area contributed by atoms with Crippen molar-refractivity contribution in [2.24, 2.45) is 0 Å². The Morgan fingerprint density at radius 3 is 2.65 bits per heavy atom. The molecule has 6 nitrogen and oxygen atoms in total. The number of rotatable bonds is 7. The molecule has 1 aromatic heterocycles. The molecular formula is C19H20ClN5O. The molecule has 0 saturated carbocycles. The Morgan fingerprint density at radius 1 is 1.12 bits per heavy atom. The molecule has 0 fully saturated rings. The van der Waals surface area contributed by atoms with Crippen molar-refractivity contribution in [2.75, 3.05) is 24.3 Å². The summed E-state index contributed by atoms with van der Waals surface area (Å²) in [6.07, 6.45) is 2.43. The van der Waals surface area contributed by atoms with Crippen LogP contribution in [0, 0.1) is 6.92 Å². The number of halogens is 1. The summed E-state index contributed by atoms with van der Waals surface area (Å²) >= 11 is 5.99. The third kappa shape index (κ3) is 4.83. The lowest BCUT2D eigenvalue weighted by atomic mass is 10.1. The molecule has 0 bridgehead atoms. The van der Waals surface area contributed by atoms with Gasteiger partial charge in [0, 0.05) is 17.3 Å². The van der Waals surface area contributed by atoms with Gasteiger partial charge in [0.25, 0.3) is 0 Å². The quantitative estimate of drug-likeness (QED) is 0.649. The summed E-state index contributed by atoms with van der Waals surface area (Å²) in [6.45, 7) is 2.69. The molecule has 134 valence electrons. The van der Waals surface area contributed by atoms with Gasteiger partial charge in [-0.05, 0) is 54.8 Å². The first-order valence-electron chi connectivity index (χ1n) is 8.24. The second-order valence-corrected chi connectivity index (χ2v) is 6.21. The third-order valence-corrected chi connectivity index (χ3v) is 4.10. The van der Waals surface area contributed by atoms with Crippen molar-refractivity contribution < 1.29 is 4.74 Å². The number of benzene rings is 2. The number of nitrogens with zero attached hydrogens (tertiary/aromatic N) is 3. The van der Waals surface area contributed by atoms with Crippen LogP contribution in [0.4, 0.5) is 17.5 Å². The van der Waals surface area contributed by atoms with Crippen molar-refractivity contribution >= 4 is 29.1 Å². The average molecular weight is 370 g/mol. The van der Waals surface area contributed by atoms with Crippen LogP contribution in [0.3, 0.4) is 0 Å². The van der Waals surface area contributed by atoms with E-state index in [1.54, 1.807) is 13.3 Å². The first-order valence-corrected chi connectivity index (χ1v) is 8.61. The van der Waals surface area contributed by atoms with Crippen molar-refractivity contribution in [1.82, 2.24) is 15.2 Å². The lowest BCUT2D eigenvalue weighted by Crippen LogP contribution is -2.09. The van der Waals surface area contributed by atoms with E-state index in [1.165, 1.54) is 5.56 Å². The Hall–Kier alpha value is -2.86. The minimum atomic E-state index is 0.482. The zero-order valence-corrected chi connectivity index (χ0v) is 15.4. The van der Waals surface area contributed by atoms with Crippen LogP contribution in [0.15, 0.2) is 48.7 Å². The van der Waals surface area contributed by atoms with Gasteiger partial charge in [0.05, 0.1) is 13.3 Å². The highest BCUT2D eigenvalue weighted by molar-refractivity contribution is 6.30. The topological polar surface area (TPSA) is 72.0 Å². The number of anilines is 3. The van der Waals surface area contributed by atoms with Gasteiger partial charge < -0.3 is 15.4 Å². The van der Waals surface area contributed by atoms with Crippen molar-refractivity contribution in [3.63, 3.8) is 0 Å². The van der Waals surface area contributed by atoms with Crippen LogP contribution in [0.1, 0.15) is 11.1 Å². The van der Waals surface area contributed by atoms with Crippen molar-refractivity contribution in [3.05, 3.63) is 64.8 Å². The highest BCUT2D eigenvalue weighted by atomic mass is 35.5. The van der Waals surface area contributed by atoms with Gasteiger partial charge in [-0.25, -0.2) is 0 Å². The molecule has 0 amide bonds. The van der Waals surface area contributed by atoms with Gasteiger partial charge >= 0.3 is 0 Å². The predicted octanol–water partition coefficient (Wildman–Crippen LogP) is 4.24. The molecule has 2 N–H and O–H groups in total. The van der Waals surface area contributed by atoms with Gasteiger partial charge in [-0.1, -0.05) is 23.7 Å². The van der Waals surface area contributed by atoms with E-state index in [0.717, 1.165) is 23.4 Å². The maximum absolute atomic E-state index is 5.99. The van der Waals surface area contributed by atoms with Gasteiger partial charge in [0.1, 0.15) is 5.75 Å². The number of hydrogen-bond donors (Lipinski definition) is 2. The number of ether oxygens (including phenoxy) is 1. The Labute approximate surface area is 157 Å². The summed E-state index contributed by atoms with van der Waals surface area (Å²) in [6, 6.07) is 13.6. The second-order valence-electron chi connectivity index (χ2n) is 5.77. The van der Waals surface area contributed by atoms with Crippen LogP contribution >= 0.6 is 11.6 Å². The summed E-state index contributed by atoms with van der Waals surface area (Å²) in [5, 5.41) is 15.2. The maximum atomic E-state index is 5.99. The zero-order valence-electron chi connectivity index (χ0n) is 14.7. The molecule has 0 aliphatic rings. The number of aryl methyl sites for hydroxylation is 1. The summed E-state index contributed by atoms with van der Waals surface area (Å²) in [5.41, 5.74) is 3.17. The fourth-order valence-electron chi connectivity index (χ4n) is 2.45. The Balaban J connectivity index is 1.58. The van der Waals surface area contributed by atoms with Crippen molar-refractivity contribution in [1.29, 1.82) is 0 Å². The molecule has 0 unspecified atom stereocenters. The summed E-state index contributed by atoms with van der Waals surface area (Å²) < 4.78 is 5.16. The number of methoxy groups -OCH3 is 1. The summed E-state index contributed by atoms with van der Waals surface area (Å²) in [5.74, 6) is 1.96. The van der Waals surface area contributed by atoms with E-state index >= 15 is 0 Å². The normalized spacial score (nSPS) is 10.4. The molecule has 0 atom stereocenters. The smallest absolute Gasteiger partial charge is 0.244 e. The van der Waals surface area contributed by atoms with Crippen molar-refractivity contribution in [2.45, 2.75) is 13.3 Å². The summed E-state index contributed by atoms with van der Waals surface area (Å²) in [7, 11) is 1.66. The van der Waals surface area contributed by atoms with Crippen LogP contribution in [0.25, 0.3) is 0 Å². The lowest BCUT2D eigenvalue weighted by Gasteiger charge is -2.10. The van der Waals surface area contributed by atoms with Gasteiger partial charge in [0.15, 0.2) is 5.82 Å². The number of nitrogens with one attached hydrogen (secondary N) is 2. The molecule has 3 rings (SSSR count). The molecule has 26 heavy (non-hydrogen) atoms. The molecule has 0 saturated heterocycles. The largest absolute Gasteiger partial charge is 0.497 e. The predicted molar refractivity (Wildman–Crippen MR) is 104 cm³/mol. The molecule has 7 heteroatoms. The van der Waals surface area contributed by atoms with Crippen LogP contribution in [0.5, 0.6) is 5.75 Å². The van der Waals surface area contributed by atoms with Crippen LogP contribution in [0.2, 0.25) is 5.02 Å². The number of hydrogen-bond acceptors (Lipinski definition) is 6. The minimum Gasteiger partial charge on any atom is -0.497 e. The molecule has 0 aliphatic carbocycles. The molecule has 0 aliphatic heterocycles. The van der Waals surface area contributed by atoms with E-state index in [9.17, 15) is 0 Å². The van der Waals surface area contributed by atoms with E-state index in [4.69, 9.17) is 16.3 Å². The average Bonchev–Trinajstić information content (AvgIpc) is 2.65. The fraction of sp³-hybridized carbons (Fsp3) is 0.211. The highest BCUT2D eigenvalue weighted by Crippen LogP contribution is 2.22. The maximum Gasteiger partial charge on any atom is 0.244 e. The van der Waals surface area contributed by atoms with Crippen LogP contribution < -0.4 is 15.4 Å². The Kier molecular flexibility index (Phi) is 5.86. The van der Waals surface area contributed by atoms with Gasteiger partial charge in [0.2, 0.25) is 5.95 Å². The second kappa shape index (κ2) is 8.49. The van der Waals surface area contributed by atoms with Gasteiger partial charge in [-0.15, -0.1) is 5.10 Å². The van der Waals surface area contributed by atoms with Gasteiger partial charge in [-0.2, -0.15) is 10.1 Å². The van der Waals surface area contributed by atoms with Crippen LogP contribution in [-0.4, -0.2) is 28.8 Å². The zero-order chi connectivity index (χ0) is 18.4.